The SMILES string of the molecule is Clc1ccccc1-c1csc(N2CCC(Cn3ccnn3)CC2)n1. The first-order valence-electron chi connectivity index (χ1n) is 8.09. The smallest absolute Gasteiger partial charge is 0.185 e. The fraction of sp³-hybridized carbons (Fsp3) is 0.353. The van der Waals surface area contributed by atoms with E-state index in [2.05, 4.69) is 20.6 Å². The van der Waals surface area contributed by atoms with Crippen LogP contribution < -0.4 is 4.90 Å². The van der Waals surface area contributed by atoms with Gasteiger partial charge in [-0.1, -0.05) is 35.0 Å². The van der Waals surface area contributed by atoms with Crippen LogP contribution in [0.3, 0.4) is 0 Å². The fourth-order valence-corrected chi connectivity index (χ4v) is 4.22. The maximum absolute atomic E-state index is 6.28. The van der Waals surface area contributed by atoms with Gasteiger partial charge >= 0.3 is 0 Å². The summed E-state index contributed by atoms with van der Waals surface area (Å²) >= 11 is 7.97. The molecule has 3 heterocycles. The number of piperidine rings is 1. The quantitative estimate of drug-likeness (QED) is 0.707. The molecule has 1 aromatic carbocycles. The van der Waals surface area contributed by atoms with Crippen LogP contribution in [0.25, 0.3) is 11.3 Å². The van der Waals surface area contributed by atoms with Gasteiger partial charge in [0.05, 0.1) is 11.9 Å². The van der Waals surface area contributed by atoms with Crippen LogP contribution in [0.1, 0.15) is 12.8 Å². The lowest BCUT2D eigenvalue weighted by Crippen LogP contribution is -2.35. The van der Waals surface area contributed by atoms with Crippen LogP contribution in [0, 0.1) is 5.92 Å². The highest BCUT2D eigenvalue weighted by Crippen LogP contribution is 2.33. The van der Waals surface area contributed by atoms with E-state index in [9.17, 15) is 0 Å². The molecule has 0 radical (unpaired) electrons. The number of aromatic nitrogens is 4. The van der Waals surface area contributed by atoms with Crippen molar-refractivity contribution in [2.24, 2.45) is 5.92 Å². The molecule has 0 unspecified atom stereocenters. The second-order valence-corrected chi connectivity index (χ2v) is 7.29. The highest BCUT2D eigenvalue weighted by molar-refractivity contribution is 7.14. The van der Waals surface area contributed by atoms with Crippen LogP contribution in [0.4, 0.5) is 5.13 Å². The van der Waals surface area contributed by atoms with Gasteiger partial charge in [0.25, 0.3) is 0 Å². The number of rotatable bonds is 4. The molecule has 24 heavy (non-hydrogen) atoms. The van der Waals surface area contributed by atoms with Gasteiger partial charge in [-0.2, -0.15) is 0 Å². The van der Waals surface area contributed by atoms with E-state index in [1.165, 1.54) is 0 Å². The van der Waals surface area contributed by atoms with Gasteiger partial charge in [-0.25, -0.2) is 4.98 Å². The third kappa shape index (κ3) is 3.30. The van der Waals surface area contributed by atoms with Gasteiger partial charge in [-0.05, 0) is 24.8 Å². The van der Waals surface area contributed by atoms with Gasteiger partial charge in [0, 0.05) is 41.8 Å². The monoisotopic (exact) mass is 359 g/mol. The van der Waals surface area contributed by atoms with Crippen LogP contribution in [0.15, 0.2) is 42.0 Å². The molecule has 1 saturated heterocycles. The molecule has 0 spiro atoms. The summed E-state index contributed by atoms with van der Waals surface area (Å²) in [5.41, 5.74) is 1.97. The predicted octanol–water partition coefficient (Wildman–Crippen LogP) is 3.97. The van der Waals surface area contributed by atoms with E-state index in [4.69, 9.17) is 16.6 Å². The number of halogens is 1. The maximum atomic E-state index is 6.28. The van der Waals surface area contributed by atoms with E-state index in [1.54, 1.807) is 17.5 Å². The lowest BCUT2D eigenvalue weighted by atomic mass is 9.97. The third-order valence-electron chi connectivity index (χ3n) is 4.44. The predicted molar refractivity (Wildman–Crippen MR) is 97.5 cm³/mol. The zero-order chi connectivity index (χ0) is 16.4. The average molecular weight is 360 g/mol. The minimum absolute atomic E-state index is 0.658. The molecule has 0 bridgehead atoms. The zero-order valence-electron chi connectivity index (χ0n) is 13.2. The van der Waals surface area contributed by atoms with Crippen molar-refractivity contribution in [2.45, 2.75) is 19.4 Å². The highest BCUT2D eigenvalue weighted by atomic mass is 35.5. The van der Waals surface area contributed by atoms with E-state index in [-0.39, 0.29) is 0 Å². The fourth-order valence-electron chi connectivity index (χ4n) is 3.10. The van der Waals surface area contributed by atoms with E-state index < -0.39 is 0 Å². The summed E-state index contributed by atoms with van der Waals surface area (Å²) in [6.45, 7) is 3.03. The van der Waals surface area contributed by atoms with Crippen LogP contribution in [0.5, 0.6) is 0 Å². The van der Waals surface area contributed by atoms with Crippen LogP contribution in [0.2, 0.25) is 5.02 Å². The Morgan fingerprint density at radius 2 is 2.04 bits per heavy atom. The first-order valence-corrected chi connectivity index (χ1v) is 9.35. The van der Waals surface area contributed by atoms with E-state index in [0.717, 1.165) is 53.9 Å². The molecule has 1 fully saturated rings. The second kappa shape index (κ2) is 6.91. The number of hydrogen-bond acceptors (Lipinski definition) is 5. The van der Waals surface area contributed by atoms with Crippen LogP contribution >= 0.6 is 22.9 Å². The largest absolute Gasteiger partial charge is 0.348 e. The number of benzene rings is 1. The maximum Gasteiger partial charge on any atom is 0.185 e. The Kier molecular flexibility index (Phi) is 4.49. The number of hydrogen-bond donors (Lipinski definition) is 0. The Bertz CT molecular complexity index is 793. The minimum Gasteiger partial charge on any atom is -0.348 e. The topological polar surface area (TPSA) is 46.8 Å². The Morgan fingerprint density at radius 1 is 1.21 bits per heavy atom. The Morgan fingerprint density at radius 3 is 2.79 bits per heavy atom. The highest BCUT2D eigenvalue weighted by Gasteiger charge is 2.22. The third-order valence-corrected chi connectivity index (χ3v) is 5.68. The van der Waals surface area contributed by atoms with Crippen molar-refractivity contribution in [3.05, 3.63) is 47.1 Å². The van der Waals surface area contributed by atoms with Crippen LogP contribution in [-0.4, -0.2) is 33.1 Å². The van der Waals surface area contributed by atoms with Crippen molar-refractivity contribution in [2.75, 3.05) is 18.0 Å². The molecule has 7 heteroatoms. The lowest BCUT2D eigenvalue weighted by Gasteiger charge is -2.31. The molecule has 1 aliphatic rings. The first kappa shape index (κ1) is 15.6. The van der Waals surface area contributed by atoms with Crippen molar-refractivity contribution in [1.29, 1.82) is 0 Å². The first-order chi connectivity index (χ1) is 11.8. The number of nitrogens with zero attached hydrogens (tertiary/aromatic N) is 5. The number of anilines is 1. The summed E-state index contributed by atoms with van der Waals surface area (Å²) in [5.74, 6) is 0.658. The van der Waals surface area contributed by atoms with Crippen molar-refractivity contribution in [3.63, 3.8) is 0 Å². The lowest BCUT2D eigenvalue weighted by molar-refractivity contribution is 0.339. The summed E-state index contributed by atoms with van der Waals surface area (Å²) in [7, 11) is 0. The average Bonchev–Trinajstić information content (AvgIpc) is 3.28. The summed E-state index contributed by atoms with van der Waals surface area (Å²) in [6.07, 6.45) is 5.98. The molecule has 0 amide bonds. The van der Waals surface area contributed by atoms with E-state index in [0.29, 0.717) is 5.92 Å². The van der Waals surface area contributed by atoms with Crippen LogP contribution in [-0.2, 0) is 6.54 Å². The molecule has 3 aromatic rings. The Hall–Kier alpha value is -1.92. The standard InChI is InChI=1S/C17H18ClN5S/c18-15-4-2-1-3-14(15)16-12-24-17(20-16)22-8-5-13(6-9-22)11-23-10-7-19-21-23/h1-4,7,10,12-13H,5-6,8-9,11H2. The number of thiazole rings is 1. The molecule has 4 rings (SSSR count). The molecule has 0 aliphatic carbocycles. The molecule has 5 nitrogen and oxygen atoms in total. The molecule has 0 N–H and O–H groups in total. The molecule has 2 aromatic heterocycles. The van der Waals surface area contributed by atoms with Crippen molar-refractivity contribution >= 4 is 28.1 Å². The van der Waals surface area contributed by atoms with Gasteiger partial charge in [-0.15, -0.1) is 16.4 Å². The molecule has 0 saturated carbocycles. The normalized spacial score (nSPS) is 15.8. The summed E-state index contributed by atoms with van der Waals surface area (Å²) in [6, 6.07) is 7.87. The van der Waals surface area contributed by atoms with Crippen molar-refractivity contribution in [3.8, 4) is 11.3 Å². The second-order valence-electron chi connectivity index (χ2n) is 6.05. The molecule has 0 atom stereocenters. The minimum atomic E-state index is 0.658. The van der Waals surface area contributed by atoms with Gasteiger partial charge in [-0.3, -0.25) is 4.68 Å². The van der Waals surface area contributed by atoms with Gasteiger partial charge in [0.2, 0.25) is 0 Å². The molecule has 124 valence electrons. The Balaban J connectivity index is 1.40. The van der Waals surface area contributed by atoms with E-state index in [1.807, 2.05) is 35.1 Å². The molecule has 1 aliphatic heterocycles. The van der Waals surface area contributed by atoms with Crippen molar-refractivity contribution in [1.82, 2.24) is 20.0 Å². The van der Waals surface area contributed by atoms with Gasteiger partial charge < -0.3 is 4.90 Å². The van der Waals surface area contributed by atoms with Crippen molar-refractivity contribution < 1.29 is 0 Å². The van der Waals surface area contributed by atoms with Gasteiger partial charge in [0.15, 0.2) is 5.13 Å². The Labute approximate surface area is 149 Å². The van der Waals surface area contributed by atoms with E-state index >= 15 is 0 Å². The summed E-state index contributed by atoms with van der Waals surface area (Å²) < 4.78 is 1.93. The summed E-state index contributed by atoms with van der Waals surface area (Å²) in [4.78, 5) is 7.18. The zero-order valence-corrected chi connectivity index (χ0v) is 14.7. The van der Waals surface area contributed by atoms with Gasteiger partial charge in [0.1, 0.15) is 0 Å². The summed E-state index contributed by atoms with van der Waals surface area (Å²) in [5, 5.41) is 11.9. The molecular weight excluding hydrogens is 342 g/mol. The molecular formula is C17H18ClN5S.